The van der Waals surface area contributed by atoms with E-state index in [2.05, 4.69) is 18.9 Å². The van der Waals surface area contributed by atoms with Gasteiger partial charge in [0.25, 0.3) is 0 Å². The van der Waals surface area contributed by atoms with Gasteiger partial charge in [-0.2, -0.15) is 0 Å². The first kappa shape index (κ1) is 13.0. The first-order chi connectivity index (χ1) is 7.74. The van der Waals surface area contributed by atoms with Crippen molar-refractivity contribution in [1.82, 2.24) is 4.90 Å². The van der Waals surface area contributed by atoms with Gasteiger partial charge >= 0.3 is 0 Å². The molecule has 0 heterocycles. The second-order valence-electron chi connectivity index (χ2n) is 4.07. The topological polar surface area (TPSA) is 38.5 Å². The van der Waals surface area contributed by atoms with Gasteiger partial charge in [-0.3, -0.25) is 0 Å². The number of hydrogen-bond acceptors (Lipinski definition) is 3. The molecule has 0 spiro atoms. The molecular formula is C13H22N2O. The Bertz CT molecular complexity index is 277. The van der Waals surface area contributed by atoms with Gasteiger partial charge in [0.15, 0.2) is 0 Å². The summed E-state index contributed by atoms with van der Waals surface area (Å²) in [6.07, 6.45) is 1.03. The van der Waals surface area contributed by atoms with Crippen molar-refractivity contribution in [3.05, 3.63) is 30.3 Å². The van der Waals surface area contributed by atoms with Crippen LogP contribution < -0.4 is 10.5 Å². The molecule has 16 heavy (non-hydrogen) atoms. The lowest BCUT2D eigenvalue weighted by Crippen LogP contribution is -2.34. The highest BCUT2D eigenvalue weighted by molar-refractivity contribution is 5.20. The molecule has 0 saturated heterocycles. The number of para-hydroxylation sites is 1. The third-order valence-corrected chi connectivity index (χ3v) is 2.79. The largest absolute Gasteiger partial charge is 0.492 e. The Morgan fingerprint density at radius 2 is 2.00 bits per heavy atom. The van der Waals surface area contributed by atoms with E-state index in [-0.39, 0.29) is 0 Å². The maximum absolute atomic E-state index is 5.63. The number of rotatable bonds is 7. The maximum Gasteiger partial charge on any atom is 0.119 e. The van der Waals surface area contributed by atoms with E-state index < -0.39 is 0 Å². The quantitative estimate of drug-likeness (QED) is 0.763. The van der Waals surface area contributed by atoms with Crippen LogP contribution in [0.1, 0.15) is 13.3 Å². The summed E-state index contributed by atoms with van der Waals surface area (Å²) in [6.45, 7) is 4.58. The third kappa shape index (κ3) is 4.64. The van der Waals surface area contributed by atoms with Crippen LogP contribution in [0, 0.1) is 0 Å². The second kappa shape index (κ2) is 7.25. The van der Waals surface area contributed by atoms with E-state index in [0.29, 0.717) is 6.04 Å². The van der Waals surface area contributed by atoms with Crippen LogP contribution in [0.25, 0.3) is 0 Å². The zero-order chi connectivity index (χ0) is 11.8. The highest BCUT2D eigenvalue weighted by Gasteiger charge is 2.07. The van der Waals surface area contributed by atoms with Gasteiger partial charge in [0.2, 0.25) is 0 Å². The molecule has 0 aliphatic heterocycles. The van der Waals surface area contributed by atoms with Gasteiger partial charge in [-0.1, -0.05) is 18.2 Å². The maximum atomic E-state index is 5.63. The average Bonchev–Trinajstić information content (AvgIpc) is 2.30. The number of ether oxygens (including phenoxy) is 1. The normalized spacial score (nSPS) is 12.8. The van der Waals surface area contributed by atoms with Crippen molar-refractivity contribution in [3.8, 4) is 5.75 Å². The van der Waals surface area contributed by atoms with Crippen molar-refractivity contribution in [2.75, 3.05) is 26.7 Å². The molecule has 90 valence electrons. The highest BCUT2D eigenvalue weighted by Crippen LogP contribution is 2.08. The predicted molar refractivity (Wildman–Crippen MR) is 67.7 cm³/mol. The summed E-state index contributed by atoms with van der Waals surface area (Å²) in [7, 11) is 2.11. The summed E-state index contributed by atoms with van der Waals surface area (Å²) >= 11 is 0. The Kier molecular flexibility index (Phi) is 5.90. The predicted octanol–water partition coefficient (Wildman–Crippen LogP) is 1.73. The Morgan fingerprint density at radius 3 is 2.62 bits per heavy atom. The van der Waals surface area contributed by atoms with Crippen LogP contribution in [0.2, 0.25) is 0 Å². The molecule has 1 aromatic carbocycles. The molecule has 1 aromatic rings. The standard InChI is InChI=1S/C13H22N2O/c1-12(8-9-14)15(2)10-11-16-13-6-4-3-5-7-13/h3-7,12H,8-11,14H2,1-2H3. The summed E-state index contributed by atoms with van der Waals surface area (Å²) in [5.74, 6) is 0.933. The lowest BCUT2D eigenvalue weighted by atomic mass is 10.2. The summed E-state index contributed by atoms with van der Waals surface area (Å²) in [5.41, 5.74) is 5.53. The van der Waals surface area contributed by atoms with E-state index in [9.17, 15) is 0 Å². The van der Waals surface area contributed by atoms with E-state index in [4.69, 9.17) is 10.5 Å². The number of benzene rings is 1. The van der Waals surface area contributed by atoms with E-state index in [1.54, 1.807) is 0 Å². The molecule has 0 aliphatic rings. The van der Waals surface area contributed by atoms with Gasteiger partial charge in [0.1, 0.15) is 12.4 Å². The SMILES string of the molecule is CC(CCN)N(C)CCOc1ccccc1. The monoisotopic (exact) mass is 222 g/mol. The van der Waals surface area contributed by atoms with Gasteiger partial charge in [-0.05, 0) is 39.1 Å². The molecule has 0 fully saturated rings. The fraction of sp³-hybridized carbons (Fsp3) is 0.538. The number of nitrogens with zero attached hydrogens (tertiary/aromatic N) is 1. The Balaban J connectivity index is 2.20. The van der Waals surface area contributed by atoms with Gasteiger partial charge in [0, 0.05) is 12.6 Å². The van der Waals surface area contributed by atoms with Crippen LogP contribution in [0.15, 0.2) is 30.3 Å². The number of nitrogens with two attached hydrogens (primary N) is 1. The first-order valence-electron chi connectivity index (χ1n) is 5.82. The Hall–Kier alpha value is -1.06. The van der Waals surface area contributed by atoms with Crippen molar-refractivity contribution in [2.45, 2.75) is 19.4 Å². The van der Waals surface area contributed by atoms with Crippen molar-refractivity contribution >= 4 is 0 Å². The average molecular weight is 222 g/mol. The molecule has 1 atom stereocenters. The van der Waals surface area contributed by atoms with Crippen molar-refractivity contribution in [3.63, 3.8) is 0 Å². The van der Waals surface area contributed by atoms with Crippen molar-refractivity contribution in [1.29, 1.82) is 0 Å². The van der Waals surface area contributed by atoms with Crippen LogP contribution in [0.3, 0.4) is 0 Å². The fourth-order valence-corrected chi connectivity index (χ4v) is 1.51. The smallest absolute Gasteiger partial charge is 0.119 e. The minimum absolute atomic E-state index is 0.518. The minimum atomic E-state index is 0.518. The molecule has 0 aliphatic carbocycles. The molecule has 0 radical (unpaired) electrons. The van der Waals surface area contributed by atoms with Crippen molar-refractivity contribution in [2.24, 2.45) is 5.73 Å². The van der Waals surface area contributed by atoms with Crippen LogP contribution in [-0.2, 0) is 0 Å². The minimum Gasteiger partial charge on any atom is -0.492 e. The molecule has 2 N–H and O–H groups in total. The summed E-state index contributed by atoms with van der Waals surface area (Å²) < 4.78 is 5.63. The molecule has 0 saturated carbocycles. The molecule has 0 aromatic heterocycles. The van der Waals surface area contributed by atoms with E-state index >= 15 is 0 Å². The number of likely N-dealkylation sites (N-methyl/N-ethyl adjacent to an activating group) is 1. The van der Waals surface area contributed by atoms with Gasteiger partial charge < -0.3 is 15.4 Å². The molecule has 3 nitrogen and oxygen atoms in total. The zero-order valence-corrected chi connectivity index (χ0v) is 10.2. The summed E-state index contributed by atoms with van der Waals surface area (Å²) in [6, 6.07) is 10.4. The van der Waals surface area contributed by atoms with Crippen LogP contribution in [-0.4, -0.2) is 37.7 Å². The first-order valence-corrected chi connectivity index (χ1v) is 5.82. The third-order valence-electron chi connectivity index (χ3n) is 2.79. The lowest BCUT2D eigenvalue weighted by molar-refractivity contribution is 0.195. The van der Waals surface area contributed by atoms with Crippen LogP contribution in [0.5, 0.6) is 5.75 Å². The summed E-state index contributed by atoms with van der Waals surface area (Å²) in [4.78, 5) is 2.27. The molecular weight excluding hydrogens is 200 g/mol. The molecule has 0 amide bonds. The van der Waals surface area contributed by atoms with Crippen LogP contribution in [0.4, 0.5) is 0 Å². The highest BCUT2D eigenvalue weighted by atomic mass is 16.5. The molecule has 0 bridgehead atoms. The zero-order valence-electron chi connectivity index (χ0n) is 10.2. The van der Waals surface area contributed by atoms with E-state index in [1.165, 1.54) is 0 Å². The molecule has 3 heteroatoms. The van der Waals surface area contributed by atoms with E-state index in [0.717, 1.165) is 31.9 Å². The molecule has 1 unspecified atom stereocenters. The van der Waals surface area contributed by atoms with Gasteiger partial charge in [0.05, 0.1) is 0 Å². The lowest BCUT2D eigenvalue weighted by Gasteiger charge is -2.24. The van der Waals surface area contributed by atoms with Crippen molar-refractivity contribution < 1.29 is 4.74 Å². The van der Waals surface area contributed by atoms with Gasteiger partial charge in [-0.15, -0.1) is 0 Å². The Morgan fingerprint density at radius 1 is 1.31 bits per heavy atom. The van der Waals surface area contributed by atoms with Crippen LogP contribution >= 0.6 is 0 Å². The van der Waals surface area contributed by atoms with E-state index in [1.807, 2.05) is 30.3 Å². The Labute approximate surface area is 98.2 Å². The second-order valence-corrected chi connectivity index (χ2v) is 4.07. The fourth-order valence-electron chi connectivity index (χ4n) is 1.51. The number of hydrogen-bond donors (Lipinski definition) is 1. The van der Waals surface area contributed by atoms with Gasteiger partial charge in [-0.25, -0.2) is 0 Å². The molecule has 1 rings (SSSR count). The summed E-state index contributed by atoms with van der Waals surface area (Å²) in [5, 5.41) is 0.